The molecule has 0 aromatic heterocycles. The Morgan fingerprint density at radius 1 is 1.16 bits per heavy atom. The number of aliphatic hydroxyl groups excluding tert-OH is 1. The summed E-state index contributed by atoms with van der Waals surface area (Å²) in [6.07, 6.45) is 9.69. The van der Waals surface area contributed by atoms with Crippen molar-refractivity contribution in [2.45, 2.75) is 65.5 Å². The molecule has 0 heterocycles. The zero-order valence-electron chi connectivity index (χ0n) is 13.3. The highest BCUT2D eigenvalue weighted by atomic mass is 16.3. The lowest BCUT2D eigenvalue weighted by Crippen LogP contribution is -2.42. The Bertz CT molecular complexity index is 246. The van der Waals surface area contributed by atoms with E-state index >= 15 is 0 Å². The molecule has 1 fully saturated rings. The van der Waals surface area contributed by atoms with E-state index in [1.165, 1.54) is 6.42 Å². The highest BCUT2D eigenvalue weighted by molar-refractivity contribution is 5.22. The molecular formula is C17H33NO. The predicted octanol–water partition coefficient (Wildman–Crippen LogP) is 4.23. The van der Waals surface area contributed by atoms with Crippen LogP contribution >= 0.6 is 0 Å². The largest absolute Gasteiger partial charge is 0.392 e. The fourth-order valence-electron chi connectivity index (χ4n) is 1.95. The average Bonchev–Trinajstić information content (AvgIpc) is 2.49. The molecule has 112 valence electrons. The third-order valence-corrected chi connectivity index (χ3v) is 2.89. The van der Waals surface area contributed by atoms with Crippen molar-refractivity contribution in [2.75, 3.05) is 6.54 Å². The van der Waals surface area contributed by atoms with E-state index < -0.39 is 0 Å². The van der Waals surface area contributed by atoms with Gasteiger partial charge in [-0.15, -0.1) is 0 Å². The summed E-state index contributed by atoms with van der Waals surface area (Å²) in [6, 6.07) is 0.243. The molecule has 2 unspecified atom stereocenters. The number of hydrogen-bond acceptors (Lipinski definition) is 2. The van der Waals surface area contributed by atoms with Gasteiger partial charge in [0.2, 0.25) is 0 Å². The number of hydrogen-bond donors (Lipinski definition) is 2. The minimum atomic E-state index is -0.187. The minimum absolute atomic E-state index is 0.187. The molecule has 1 rings (SSSR count). The van der Waals surface area contributed by atoms with Crippen LogP contribution in [0.5, 0.6) is 0 Å². The molecule has 1 aliphatic rings. The molecule has 0 radical (unpaired) electrons. The Hall–Kier alpha value is -0.860. The zero-order valence-corrected chi connectivity index (χ0v) is 13.3. The number of rotatable bonds is 5. The average molecular weight is 267 g/mol. The van der Waals surface area contributed by atoms with E-state index in [0.29, 0.717) is 0 Å². The van der Waals surface area contributed by atoms with Crippen LogP contribution in [-0.4, -0.2) is 23.8 Å². The van der Waals surface area contributed by atoms with Crippen molar-refractivity contribution in [3.8, 4) is 0 Å². The summed E-state index contributed by atoms with van der Waals surface area (Å²) in [6.45, 7) is 16.2. The first-order valence-corrected chi connectivity index (χ1v) is 7.63. The van der Waals surface area contributed by atoms with Crippen LogP contribution < -0.4 is 5.32 Å². The molecule has 2 N–H and O–H groups in total. The van der Waals surface area contributed by atoms with Gasteiger partial charge >= 0.3 is 0 Å². The topological polar surface area (TPSA) is 32.3 Å². The molecule has 0 aromatic rings. The standard InChI is InChI=1S/C13H21NO.2C2H6/c1-3-7-11(4-2)10-14-12-8-5-6-9-13(12)15;2*1-2/h3-4,7,12-15H,1-2,5-6,8-10H2;2*1-2H3/b11-7+;;. The first kappa shape index (κ1) is 20.5. The first-order valence-electron chi connectivity index (χ1n) is 7.63. The second-order valence-electron chi connectivity index (χ2n) is 4.02. The quantitative estimate of drug-likeness (QED) is 0.731. The van der Waals surface area contributed by atoms with Crippen LogP contribution in [0.4, 0.5) is 0 Å². The van der Waals surface area contributed by atoms with Crippen LogP contribution in [0.3, 0.4) is 0 Å². The van der Waals surface area contributed by atoms with Crippen molar-refractivity contribution >= 4 is 0 Å². The van der Waals surface area contributed by atoms with Gasteiger partial charge in [0.15, 0.2) is 0 Å². The summed E-state index contributed by atoms with van der Waals surface area (Å²) in [7, 11) is 0. The van der Waals surface area contributed by atoms with Crippen molar-refractivity contribution in [1.29, 1.82) is 0 Å². The van der Waals surface area contributed by atoms with Crippen molar-refractivity contribution in [3.63, 3.8) is 0 Å². The monoisotopic (exact) mass is 267 g/mol. The Balaban J connectivity index is 0. The first-order chi connectivity index (χ1) is 9.27. The van der Waals surface area contributed by atoms with Crippen LogP contribution in [0.15, 0.2) is 37.0 Å². The Labute approximate surface area is 120 Å². The lowest BCUT2D eigenvalue weighted by atomic mass is 9.92. The normalized spacial score (nSPS) is 22.3. The van der Waals surface area contributed by atoms with E-state index in [9.17, 15) is 5.11 Å². The number of allylic oxidation sites excluding steroid dienone is 2. The summed E-state index contributed by atoms with van der Waals surface area (Å²) >= 11 is 0. The smallest absolute Gasteiger partial charge is 0.0693 e. The number of aliphatic hydroxyl groups is 1. The molecule has 0 amide bonds. The molecule has 1 aliphatic carbocycles. The van der Waals surface area contributed by atoms with Gasteiger partial charge in [0.1, 0.15) is 0 Å². The molecule has 0 bridgehead atoms. The van der Waals surface area contributed by atoms with Crippen LogP contribution in [0.2, 0.25) is 0 Å². The Kier molecular flexibility index (Phi) is 16.4. The van der Waals surface area contributed by atoms with E-state index in [4.69, 9.17) is 0 Å². The molecule has 2 nitrogen and oxygen atoms in total. The van der Waals surface area contributed by atoms with E-state index in [1.54, 1.807) is 6.08 Å². The van der Waals surface area contributed by atoms with Gasteiger partial charge in [-0.05, 0) is 18.4 Å². The third kappa shape index (κ3) is 9.69. The minimum Gasteiger partial charge on any atom is -0.392 e. The lowest BCUT2D eigenvalue weighted by Gasteiger charge is -2.28. The van der Waals surface area contributed by atoms with Crippen LogP contribution in [0, 0.1) is 0 Å². The fraction of sp³-hybridized carbons (Fsp3) is 0.647. The molecule has 2 atom stereocenters. The van der Waals surface area contributed by atoms with Crippen molar-refractivity contribution in [1.82, 2.24) is 5.32 Å². The summed E-state index contributed by atoms with van der Waals surface area (Å²) in [5, 5.41) is 13.1. The summed E-state index contributed by atoms with van der Waals surface area (Å²) in [5.74, 6) is 0. The third-order valence-electron chi connectivity index (χ3n) is 2.89. The van der Waals surface area contributed by atoms with Gasteiger partial charge in [-0.3, -0.25) is 0 Å². The van der Waals surface area contributed by atoms with Gasteiger partial charge in [-0.1, -0.05) is 71.9 Å². The van der Waals surface area contributed by atoms with Crippen LogP contribution in [-0.2, 0) is 0 Å². The summed E-state index contributed by atoms with van der Waals surface area (Å²) in [5.41, 5.74) is 1.11. The van der Waals surface area contributed by atoms with Crippen molar-refractivity contribution in [2.24, 2.45) is 0 Å². The summed E-state index contributed by atoms with van der Waals surface area (Å²) in [4.78, 5) is 0. The van der Waals surface area contributed by atoms with Gasteiger partial charge in [-0.2, -0.15) is 0 Å². The molecular weight excluding hydrogens is 234 g/mol. The molecule has 0 saturated heterocycles. The molecule has 19 heavy (non-hydrogen) atoms. The van der Waals surface area contributed by atoms with Crippen molar-refractivity contribution in [3.05, 3.63) is 37.0 Å². The molecule has 1 saturated carbocycles. The second-order valence-corrected chi connectivity index (χ2v) is 4.02. The van der Waals surface area contributed by atoms with Crippen LogP contribution in [0.25, 0.3) is 0 Å². The highest BCUT2D eigenvalue weighted by Gasteiger charge is 2.21. The molecule has 0 spiro atoms. The van der Waals surface area contributed by atoms with E-state index in [-0.39, 0.29) is 12.1 Å². The molecule has 0 aromatic carbocycles. The van der Waals surface area contributed by atoms with Gasteiger partial charge in [0.05, 0.1) is 6.10 Å². The second kappa shape index (κ2) is 15.2. The van der Waals surface area contributed by atoms with E-state index in [1.807, 2.05) is 39.8 Å². The maximum atomic E-state index is 9.76. The van der Waals surface area contributed by atoms with Gasteiger partial charge in [0.25, 0.3) is 0 Å². The zero-order chi connectivity index (χ0) is 15.1. The Morgan fingerprint density at radius 3 is 2.21 bits per heavy atom. The molecule has 2 heteroatoms. The van der Waals surface area contributed by atoms with Gasteiger partial charge in [0, 0.05) is 12.6 Å². The maximum absolute atomic E-state index is 9.76. The summed E-state index contributed by atoms with van der Waals surface area (Å²) < 4.78 is 0. The molecule has 0 aliphatic heterocycles. The predicted molar refractivity (Wildman–Crippen MR) is 87.4 cm³/mol. The lowest BCUT2D eigenvalue weighted by molar-refractivity contribution is 0.0926. The van der Waals surface area contributed by atoms with Gasteiger partial charge < -0.3 is 10.4 Å². The highest BCUT2D eigenvalue weighted by Crippen LogP contribution is 2.18. The van der Waals surface area contributed by atoms with E-state index in [0.717, 1.165) is 31.4 Å². The van der Waals surface area contributed by atoms with Gasteiger partial charge in [-0.25, -0.2) is 0 Å². The number of nitrogens with one attached hydrogen (secondary N) is 1. The Morgan fingerprint density at radius 2 is 1.74 bits per heavy atom. The SMILES string of the molecule is C=C/C=C(\C=C)CNC1CCCCC1O.CC.CC. The van der Waals surface area contributed by atoms with Crippen LogP contribution in [0.1, 0.15) is 53.4 Å². The van der Waals surface area contributed by atoms with E-state index in [2.05, 4.69) is 18.5 Å². The van der Waals surface area contributed by atoms with Crippen molar-refractivity contribution < 1.29 is 5.11 Å². The maximum Gasteiger partial charge on any atom is 0.0693 e. The fourth-order valence-corrected chi connectivity index (χ4v) is 1.95.